The van der Waals surface area contributed by atoms with E-state index in [4.69, 9.17) is 13.5 Å². The molecule has 0 aromatic rings. The Morgan fingerprint density at radius 1 is 0.489 bits per heavy atom. The largest absolute Gasteiger partial charge is 0.773 e. The smallest absolute Gasteiger partial charge is 0.303 e. The summed E-state index contributed by atoms with van der Waals surface area (Å²) < 4.78 is 61.3. The van der Waals surface area contributed by atoms with Gasteiger partial charge >= 0.3 is 5.97 Å². The number of hydrogen-bond donors (Lipinski definition) is 0. The highest BCUT2D eigenvalue weighted by Crippen LogP contribution is 2.05. The molecule has 290 valence electrons. The van der Waals surface area contributed by atoms with Gasteiger partial charge < -0.3 is 38.1 Å². The Kier molecular flexibility index (Phi) is 76.5. The molecule has 0 aliphatic rings. The molecule has 0 radical (unpaired) electrons. The molecule has 0 spiro atoms. The van der Waals surface area contributed by atoms with Crippen LogP contribution in [0.4, 0.5) is 0 Å². The van der Waals surface area contributed by atoms with Crippen molar-refractivity contribution in [1.82, 2.24) is 0 Å². The number of esters is 1. The van der Waals surface area contributed by atoms with Gasteiger partial charge in [0.05, 0.1) is 0 Å². The van der Waals surface area contributed by atoms with Gasteiger partial charge in [-0.15, -0.1) is 0 Å². The van der Waals surface area contributed by atoms with E-state index in [0.717, 1.165) is 31.3 Å². The molecule has 1 unspecified atom stereocenters. The predicted molar refractivity (Wildman–Crippen MR) is 193 cm³/mol. The van der Waals surface area contributed by atoms with Crippen molar-refractivity contribution in [3.05, 3.63) is 0 Å². The molecule has 47 heavy (non-hydrogen) atoms. The summed E-state index contributed by atoms with van der Waals surface area (Å²) in [6.45, 7) is 25.3. The highest BCUT2D eigenvalue weighted by atomic mass is 32.2. The minimum absolute atomic E-state index is 0. The SMILES string of the molecule is C.CC(=O)OC(C)(C)C.CC(C)=O.CC(C)=O.CC(C)=O.CC(C)=O.CC(C)=O.CC(C)=O.CS(=O)[O-].CS(C)(=O)=O.CS(C)(=O)=O. The van der Waals surface area contributed by atoms with Crippen LogP contribution in [0.1, 0.15) is 118 Å². The van der Waals surface area contributed by atoms with Crippen molar-refractivity contribution in [3.8, 4) is 0 Å². The topological polar surface area (TPSA) is 237 Å². The van der Waals surface area contributed by atoms with E-state index in [-0.39, 0.29) is 53.7 Å². The Bertz CT molecular complexity index is 860. The Hall–Kier alpha value is -2.50. The molecule has 0 N–H and O–H groups in total. The number of sulfone groups is 2. The van der Waals surface area contributed by atoms with Crippen LogP contribution in [0, 0.1) is 0 Å². The van der Waals surface area contributed by atoms with Crippen molar-refractivity contribution in [3.63, 3.8) is 0 Å². The first-order valence-corrected chi connectivity index (χ1v) is 19.0. The third-order valence-electron chi connectivity index (χ3n) is 0.450. The average molecular weight is 748 g/mol. The third kappa shape index (κ3) is 12000. The number of ketones is 6. The first-order valence-electron chi connectivity index (χ1n) is 12.9. The summed E-state index contributed by atoms with van der Waals surface area (Å²) in [6, 6.07) is 0. The van der Waals surface area contributed by atoms with Gasteiger partial charge in [-0.3, -0.25) is 9.00 Å². The predicted octanol–water partition coefficient (Wildman–Crippen LogP) is 4.37. The maximum atomic E-state index is 10.2. The van der Waals surface area contributed by atoms with Crippen molar-refractivity contribution in [1.29, 1.82) is 0 Å². The van der Waals surface area contributed by atoms with E-state index in [0.29, 0.717) is 0 Å². The molecule has 0 heterocycles. The maximum absolute atomic E-state index is 10.2. The quantitative estimate of drug-likeness (QED) is 0.247. The van der Waals surface area contributed by atoms with Crippen LogP contribution in [0.15, 0.2) is 0 Å². The van der Waals surface area contributed by atoms with Gasteiger partial charge in [0.15, 0.2) is 0 Å². The van der Waals surface area contributed by atoms with Gasteiger partial charge in [0.1, 0.15) is 60.0 Å². The van der Waals surface area contributed by atoms with Crippen LogP contribution >= 0.6 is 0 Å². The first kappa shape index (κ1) is 75.0. The molecule has 0 fully saturated rings. The van der Waals surface area contributed by atoms with Gasteiger partial charge in [-0.1, -0.05) is 18.5 Å². The summed E-state index contributed by atoms with van der Waals surface area (Å²) >= 11 is -1.86. The van der Waals surface area contributed by atoms with E-state index in [9.17, 15) is 50.4 Å². The Morgan fingerprint density at radius 2 is 0.553 bits per heavy atom. The van der Waals surface area contributed by atoms with Crippen LogP contribution in [-0.4, -0.2) is 103 Å². The van der Waals surface area contributed by atoms with Crippen LogP contribution in [0.25, 0.3) is 0 Å². The second-order valence-electron chi connectivity index (χ2n) is 10.8. The number of carbonyl (C=O) groups excluding carboxylic acids is 7. The molecule has 0 aliphatic carbocycles. The molecule has 0 rings (SSSR count). The lowest BCUT2D eigenvalue weighted by molar-refractivity contribution is -0.152. The Labute approximate surface area is 289 Å². The molecule has 0 amide bonds. The molecule has 0 aromatic heterocycles. The van der Waals surface area contributed by atoms with Gasteiger partial charge in [-0.25, -0.2) is 16.8 Å². The van der Waals surface area contributed by atoms with E-state index in [1.54, 1.807) is 0 Å². The third-order valence-corrected chi connectivity index (χ3v) is 0.450. The highest BCUT2D eigenvalue weighted by Gasteiger charge is 2.11. The van der Waals surface area contributed by atoms with E-state index < -0.39 is 30.8 Å². The average Bonchev–Trinajstić information content (AvgIpc) is 2.52. The molecular weight excluding hydrogens is 681 g/mol. The van der Waals surface area contributed by atoms with Crippen LogP contribution in [-0.2, 0) is 69.1 Å². The van der Waals surface area contributed by atoms with Gasteiger partial charge in [0, 0.05) is 31.9 Å². The van der Waals surface area contributed by atoms with E-state index in [1.165, 1.54) is 90.0 Å². The summed E-state index contributed by atoms with van der Waals surface area (Å²) in [6.07, 6.45) is 5.72. The zero-order valence-electron chi connectivity index (χ0n) is 31.9. The van der Waals surface area contributed by atoms with Crippen molar-refractivity contribution in [2.45, 2.75) is 124 Å². The van der Waals surface area contributed by atoms with Crippen molar-refractivity contribution in [2.75, 3.05) is 31.3 Å². The number of carbonyl (C=O) groups is 7. The van der Waals surface area contributed by atoms with Crippen LogP contribution in [0.3, 0.4) is 0 Å². The van der Waals surface area contributed by atoms with Crippen molar-refractivity contribution in [2.24, 2.45) is 0 Å². The zero-order chi connectivity index (χ0) is 40.8. The van der Waals surface area contributed by atoms with Crippen LogP contribution < -0.4 is 0 Å². The van der Waals surface area contributed by atoms with Gasteiger partial charge in [-0.05, 0) is 110 Å². The number of hydrogen-bond acceptors (Lipinski definition) is 14. The molecule has 0 bridgehead atoms. The molecule has 0 aliphatic heterocycles. The fourth-order valence-corrected chi connectivity index (χ4v) is 0.431. The summed E-state index contributed by atoms with van der Waals surface area (Å²) in [5, 5.41) is 0. The first-order chi connectivity index (χ1) is 19.5. The fraction of sp³-hybridized carbons (Fsp3) is 0.767. The molecule has 1 atom stereocenters. The van der Waals surface area contributed by atoms with E-state index in [2.05, 4.69) is 0 Å². The molecular formula is C30H67O14S3-. The summed E-state index contributed by atoms with van der Waals surface area (Å²) in [4.78, 5) is 66.9. The van der Waals surface area contributed by atoms with Crippen LogP contribution in [0.5, 0.6) is 0 Å². The highest BCUT2D eigenvalue weighted by molar-refractivity contribution is 7.90. The summed E-state index contributed by atoms with van der Waals surface area (Å²) in [5.41, 5.74) is -0.328. The second kappa shape index (κ2) is 47.9. The van der Waals surface area contributed by atoms with E-state index in [1.807, 2.05) is 20.8 Å². The van der Waals surface area contributed by atoms with Crippen molar-refractivity contribution >= 4 is 71.4 Å². The number of ether oxygens (including phenoxy) is 1. The molecule has 17 heteroatoms. The lowest BCUT2D eigenvalue weighted by Gasteiger charge is -2.17. The lowest BCUT2D eigenvalue weighted by Crippen LogP contribution is -2.21. The summed E-state index contributed by atoms with van der Waals surface area (Å²) in [7, 11) is -5.33. The number of Topliss-reactive ketones (excluding diaryl/α,β-unsaturated/α-hetero) is 6. The summed E-state index contributed by atoms with van der Waals surface area (Å²) in [5.74, 6) is 0.775. The molecule has 0 saturated carbocycles. The van der Waals surface area contributed by atoms with Gasteiger partial charge in [-0.2, -0.15) is 0 Å². The number of rotatable bonds is 0. The minimum atomic E-state index is -2.67. The Morgan fingerprint density at radius 3 is 0.553 bits per heavy atom. The van der Waals surface area contributed by atoms with E-state index >= 15 is 0 Å². The molecule has 14 nitrogen and oxygen atoms in total. The second-order valence-corrected chi connectivity index (χ2v) is 16.2. The maximum Gasteiger partial charge on any atom is 0.303 e. The standard InChI is InChI=1S/C6H12O2.6C3H6O.2C2H6O2S.CH4O2S.CH4/c1-5(7)8-6(2,3)4;6*1-3(2)4;2*1-5(2,3)4;1-4(2)3;/h1-4H3;6*1-2H3;2*1-2H3;1H3,(H,2,3);1H4/p-1. The lowest BCUT2D eigenvalue weighted by atomic mass is 10.2. The van der Waals surface area contributed by atoms with Gasteiger partial charge in [0.25, 0.3) is 0 Å². The molecule has 0 saturated heterocycles. The monoisotopic (exact) mass is 747 g/mol. The van der Waals surface area contributed by atoms with Crippen molar-refractivity contribution < 1.29 is 63.9 Å². The fourth-order valence-electron chi connectivity index (χ4n) is 0.431. The molecule has 0 aromatic carbocycles. The zero-order valence-corrected chi connectivity index (χ0v) is 34.4. The Balaban J connectivity index is -0.0000000343. The normalized spacial score (nSPS) is 8.98. The van der Waals surface area contributed by atoms with Gasteiger partial charge in [0.2, 0.25) is 0 Å². The van der Waals surface area contributed by atoms with Crippen LogP contribution in [0.2, 0.25) is 0 Å². The minimum Gasteiger partial charge on any atom is -0.773 e.